The van der Waals surface area contributed by atoms with Crippen LogP contribution in [0.2, 0.25) is 5.02 Å². The molecule has 162 valence electrons. The van der Waals surface area contributed by atoms with Gasteiger partial charge in [-0.05, 0) is 43.5 Å². The van der Waals surface area contributed by atoms with Gasteiger partial charge in [0.05, 0.1) is 0 Å². The number of nitrogens with zero attached hydrogens (tertiary/aromatic N) is 3. The van der Waals surface area contributed by atoms with Crippen LogP contribution in [0.25, 0.3) is 0 Å². The van der Waals surface area contributed by atoms with Crippen molar-refractivity contribution in [3.63, 3.8) is 0 Å². The fraction of sp³-hybridized carbons (Fsp3) is 0.360. The molecule has 0 spiro atoms. The number of halogens is 1. The molecule has 0 N–H and O–H groups in total. The van der Waals surface area contributed by atoms with E-state index in [1.807, 2.05) is 43.0 Å². The second kappa shape index (κ2) is 9.51. The summed E-state index contributed by atoms with van der Waals surface area (Å²) in [7, 11) is 0. The third-order valence-corrected chi connectivity index (χ3v) is 7.38. The summed E-state index contributed by atoms with van der Waals surface area (Å²) in [5.74, 6) is 0.103. The number of rotatable bonds is 6. The van der Waals surface area contributed by atoms with Crippen molar-refractivity contribution < 1.29 is 4.79 Å². The predicted octanol–water partition coefficient (Wildman–Crippen LogP) is 6.04. The Morgan fingerprint density at radius 1 is 1.16 bits per heavy atom. The average molecular weight is 454 g/mol. The van der Waals surface area contributed by atoms with E-state index in [0.29, 0.717) is 11.4 Å². The fourth-order valence-electron chi connectivity index (χ4n) is 4.43. The zero-order chi connectivity index (χ0) is 21.8. The molecule has 0 bridgehead atoms. The summed E-state index contributed by atoms with van der Waals surface area (Å²) in [5.41, 5.74) is 2.71. The molecule has 4 nitrogen and oxygen atoms in total. The molecule has 1 amide bonds. The summed E-state index contributed by atoms with van der Waals surface area (Å²) in [6.45, 7) is 6.67. The lowest BCUT2D eigenvalue weighted by Gasteiger charge is -2.47. The Hall–Kier alpha value is -2.21. The van der Waals surface area contributed by atoms with Crippen LogP contribution in [-0.4, -0.2) is 28.9 Å². The van der Waals surface area contributed by atoms with Gasteiger partial charge in [0.25, 0.3) is 0 Å². The van der Waals surface area contributed by atoms with Crippen LogP contribution < -0.4 is 4.90 Å². The quantitative estimate of drug-likeness (QED) is 0.456. The number of hydrogen-bond donors (Lipinski definition) is 0. The van der Waals surface area contributed by atoms with Crippen molar-refractivity contribution in [1.29, 1.82) is 0 Å². The summed E-state index contributed by atoms with van der Waals surface area (Å²) >= 11 is 7.98. The molecule has 3 aromatic rings. The summed E-state index contributed by atoms with van der Waals surface area (Å²) in [5, 5.41) is 3.74. The highest BCUT2D eigenvalue weighted by Gasteiger charge is 2.46. The van der Waals surface area contributed by atoms with Gasteiger partial charge in [-0.1, -0.05) is 54.9 Å². The van der Waals surface area contributed by atoms with Gasteiger partial charge in [0.2, 0.25) is 5.91 Å². The predicted molar refractivity (Wildman–Crippen MR) is 129 cm³/mol. The highest BCUT2D eigenvalue weighted by atomic mass is 35.5. The monoisotopic (exact) mass is 453 g/mol. The SMILES string of the molecule is CCC(=O)N(c1cccc(Cl)c1)C1(c2nc(C)cs2)CCN(Cc2ccccc2)CC1. The van der Waals surface area contributed by atoms with Crippen molar-refractivity contribution in [3.05, 3.63) is 81.3 Å². The molecule has 0 unspecified atom stereocenters. The maximum Gasteiger partial charge on any atom is 0.227 e. The molecule has 0 aliphatic carbocycles. The van der Waals surface area contributed by atoms with Crippen molar-refractivity contribution in [3.8, 4) is 0 Å². The highest BCUT2D eigenvalue weighted by Crippen LogP contribution is 2.44. The van der Waals surface area contributed by atoms with Crippen molar-refractivity contribution in [2.24, 2.45) is 0 Å². The van der Waals surface area contributed by atoms with E-state index in [1.54, 1.807) is 11.3 Å². The van der Waals surface area contributed by atoms with Crippen LogP contribution in [0, 0.1) is 6.92 Å². The first-order valence-electron chi connectivity index (χ1n) is 10.8. The minimum absolute atomic E-state index is 0.103. The van der Waals surface area contributed by atoms with E-state index >= 15 is 0 Å². The summed E-state index contributed by atoms with van der Waals surface area (Å²) in [6.07, 6.45) is 2.11. The van der Waals surface area contributed by atoms with E-state index in [-0.39, 0.29) is 5.91 Å². The smallest absolute Gasteiger partial charge is 0.227 e. The van der Waals surface area contributed by atoms with Gasteiger partial charge in [0.1, 0.15) is 10.5 Å². The Morgan fingerprint density at radius 3 is 2.52 bits per heavy atom. The van der Waals surface area contributed by atoms with Gasteiger partial charge < -0.3 is 0 Å². The van der Waals surface area contributed by atoms with Gasteiger partial charge in [0, 0.05) is 47.8 Å². The molecule has 0 saturated carbocycles. The topological polar surface area (TPSA) is 36.4 Å². The van der Waals surface area contributed by atoms with Crippen LogP contribution in [0.4, 0.5) is 5.69 Å². The third kappa shape index (κ3) is 4.69. The molecule has 1 aliphatic rings. The number of carbonyl (C=O) groups is 1. The zero-order valence-corrected chi connectivity index (χ0v) is 19.6. The van der Waals surface area contributed by atoms with Crippen LogP contribution in [0.3, 0.4) is 0 Å². The Bertz CT molecular complexity index is 1030. The van der Waals surface area contributed by atoms with Gasteiger partial charge in [-0.25, -0.2) is 4.98 Å². The van der Waals surface area contributed by atoms with Crippen molar-refractivity contribution in [2.45, 2.75) is 45.2 Å². The number of hydrogen-bond acceptors (Lipinski definition) is 4. The Morgan fingerprint density at radius 2 is 1.90 bits per heavy atom. The molecule has 2 aromatic carbocycles. The summed E-state index contributed by atoms with van der Waals surface area (Å²) < 4.78 is 0. The summed E-state index contributed by atoms with van der Waals surface area (Å²) in [6, 6.07) is 18.2. The number of likely N-dealkylation sites (tertiary alicyclic amines) is 1. The van der Waals surface area contributed by atoms with Crippen LogP contribution in [0.5, 0.6) is 0 Å². The molecule has 4 rings (SSSR count). The van der Waals surface area contributed by atoms with E-state index in [4.69, 9.17) is 16.6 Å². The molecule has 1 aliphatic heterocycles. The molecule has 1 fully saturated rings. The number of anilines is 1. The lowest BCUT2D eigenvalue weighted by atomic mass is 9.84. The van der Waals surface area contributed by atoms with E-state index in [9.17, 15) is 4.79 Å². The molecular formula is C25H28ClN3OS. The van der Waals surface area contributed by atoms with Gasteiger partial charge in [0.15, 0.2) is 0 Å². The van der Waals surface area contributed by atoms with Gasteiger partial charge in [-0.3, -0.25) is 14.6 Å². The number of thiazole rings is 1. The number of benzene rings is 2. The molecule has 31 heavy (non-hydrogen) atoms. The van der Waals surface area contributed by atoms with Gasteiger partial charge in [-0.15, -0.1) is 11.3 Å². The lowest BCUT2D eigenvalue weighted by molar-refractivity contribution is -0.120. The number of amides is 1. The third-order valence-electron chi connectivity index (χ3n) is 6.00. The first kappa shape index (κ1) is 22.0. The molecule has 0 atom stereocenters. The molecule has 1 saturated heterocycles. The largest absolute Gasteiger partial charge is 0.300 e. The minimum Gasteiger partial charge on any atom is -0.300 e. The van der Waals surface area contributed by atoms with E-state index < -0.39 is 5.54 Å². The fourth-order valence-corrected chi connectivity index (χ4v) is 5.66. The van der Waals surface area contributed by atoms with Crippen LogP contribution >= 0.6 is 22.9 Å². The molecule has 2 heterocycles. The van der Waals surface area contributed by atoms with E-state index in [2.05, 4.69) is 40.6 Å². The zero-order valence-electron chi connectivity index (χ0n) is 18.1. The first-order chi connectivity index (χ1) is 15.0. The first-order valence-corrected chi connectivity index (χ1v) is 12.0. The van der Waals surface area contributed by atoms with E-state index in [0.717, 1.165) is 48.9 Å². The Kier molecular flexibility index (Phi) is 6.75. The standard InChI is InChI=1S/C25H28ClN3OS/c1-3-23(30)29(22-11-7-10-21(26)16-22)25(24-27-19(2)18-31-24)12-14-28(15-13-25)17-20-8-5-4-6-9-20/h4-11,16,18H,3,12-15,17H2,1-2H3. The molecule has 6 heteroatoms. The normalized spacial score (nSPS) is 16.2. The van der Waals surface area contributed by atoms with Crippen LogP contribution in [0.1, 0.15) is 42.5 Å². The number of aryl methyl sites for hydroxylation is 1. The highest BCUT2D eigenvalue weighted by molar-refractivity contribution is 7.09. The number of piperidine rings is 1. The molecular weight excluding hydrogens is 426 g/mol. The average Bonchev–Trinajstić information content (AvgIpc) is 3.23. The number of carbonyl (C=O) groups excluding carboxylic acids is 1. The lowest BCUT2D eigenvalue weighted by Crippen LogP contribution is -2.55. The van der Waals surface area contributed by atoms with Crippen LogP contribution in [-0.2, 0) is 16.9 Å². The van der Waals surface area contributed by atoms with Crippen molar-refractivity contribution in [2.75, 3.05) is 18.0 Å². The van der Waals surface area contributed by atoms with E-state index in [1.165, 1.54) is 5.56 Å². The van der Waals surface area contributed by atoms with Gasteiger partial charge >= 0.3 is 0 Å². The second-order valence-corrected chi connectivity index (χ2v) is 9.44. The molecule has 1 aromatic heterocycles. The Labute approximate surface area is 193 Å². The number of aromatic nitrogens is 1. The summed E-state index contributed by atoms with van der Waals surface area (Å²) in [4.78, 5) is 22.7. The Balaban J connectivity index is 1.69. The van der Waals surface area contributed by atoms with Gasteiger partial charge in [-0.2, -0.15) is 0 Å². The van der Waals surface area contributed by atoms with Crippen LogP contribution in [0.15, 0.2) is 60.0 Å². The van der Waals surface area contributed by atoms with Crippen molar-refractivity contribution >= 4 is 34.5 Å². The maximum absolute atomic E-state index is 13.3. The molecule has 0 radical (unpaired) electrons. The minimum atomic E-state index is -0.454. The maximum atomic E-state index is 13.3. The second-order valence-electron chi connectivity index (χ2n) is 8.15. The van der Waals surface area contributed by atoms with Crippen molar-refractivity contribution in [1.82, 2.24) is 9.88 Å².